The number of amides is 1. The van der Waals surface area contributed by atoms with Crippen molar-refractivity contribution in [1.29, 1.82) is 0 Å². The molecule has 0 bridgehead atoms. The molecule has 0 aliphatic carbocycles. The van der Waals surface area contributed by atoms with E-state index < -0.39 is 10.0 Å². The molecule has 1 amide bonds. The molecular formula is C18H28ClN3O5S. The number of hydrogen-bond acceptors (Lipinski definition) is 6. The molecule has 10 heteroatoms. The summed E-state index contributed by atoms with van der Waals surface area (Å²) in [5.41, 5.74) is 0. The van der Waals surface area contributed by atoms with Crippen LogP contribution in [0, 0.1) is 0 Å². The third-order valence-electron chi connectivity index (χ3n) is 4.46. The minimum absolute atomic E-state index is 0.100. The zero-order valence-corrected chi connectivity index (χ0v) is 17.9. The Morgan fingerprint density at radius 3 is 2.57 bits per heavy atom. The van der Waals surface area contributed by atoms with Crippen LogP contribution in [0.5, 0.6) is 5.75 Å². The van der Waals surface area contributed by atoms with Crippen LogP contribution in [0.1, 0.15) is 13.8 Å². The summed E-state index contributed by atoms with van der Waals surface area (Å²) in [5, 5.41) is 2.94. The van der Waals surface area contributed by atoms with Crippen molar-refractivity contribution in [3.8, 4) is 5.75 Å². The topological polar surface area (TPSA) is 88.2 Å². The summed E-state index contributed by atoms with van der Waals surface area (Å²) in [6, 6.07) is 4.26. The normalized spacial score (nSPS) is 15.6. The molecule has 1 saturated heterocycles. The number of nitrogens with zero attached hydrogens (tertiary/aromatic N) is 2. The summed E-state index contributed by atoms with van der Waals surface area (Å²) in [4.78, 5) is 14.3. The third kappa shape index (κ3) is 6.31. The predicted octanol–water partition coefficient (Wildman–Crippen LogP) is 1.20. The average molecular weight is 434 g/mol. The molecule has 1 fully saturated rings. The number of carbonyl (C=O) groups excluding carboxylic acids is 1. The van der Waals surface area contributed by atoms with Gasteiger partial charge < -0.3 is 14.8 Å². The molecule has 0 radical (unpaired) electrons. The van der Waals surface area contributed by atoms with E-state index >= 15 is 0 Å². The van der Waals surface area contributed by atoms with Crippen LogP contribution < -0.4 is 10.1 Å². The van der Waals surface area contributed by atoms with Crippen LogP contribution in [0.4, 0.5) is 0 Å². The van der Waals surface area contributed by atoms with Gasteiger partial charge in [-0.15, -0.1) is 0 Å². The molecule has 2 rings (SSSR count). The van der Waals surface area contributed by atoms with Gasteiger partial charge in [0.2, 0.25) is 10.0 Å². The first kappa shape index (κ1) is 22.9. The SMILES string of the molecule is CCN(CC)S(=O)(=O)c1ccc(OCC(=O)NCCN2CCOCC2)c(Cl)c1. The van der Waals surface area contributed by atoms with Gasteiger partial charge in [-0.1, -0.05) is 25.4 Å². The van der Waals surface area contributed by atoms with E-state index in [-0.39, 0.29) is 28.2 Å². The van der Waals surface area contributed by atoms with Gasteiger partial charge in [0.1, 0.15) is 5.75 Å². The number of halogens is 1. The van der Waals surface area contributed by atoms with E-state index in [4.69, 9.17) is 21.1 Å². The fraction of sp³-hybridized carbons (Fsp3) is 0.611. The summed E-state index contributed by atoms with van der Waals surface area (Å²) in [5.74, 6) is 0.00709. The molecule has 28 heavy (non-hydrogen) atoms. The van der Waals surface area contributed by atoms with Crippen molar-refractivity contribution >= 4 is 27.5 Å². The van der Waals surface area contributed by atoms with Crippen molar-refractivity contribution < 1.29 is 22.7 Å². The van der Waals surface area contributed by atoms with E-state index in [2.05, 4.69) is 10.2 Å². The second-order valence-electron chi connectivity index (χ2n) is 6.27. The van der Waals surface area contributed by atoms with Gasteiger partial charge in [-0.25, -0.2) is 8.42 Å². The first-order valence-electron chi connectivity index (χ1n) is 9.37. The Morgan fingerprint density at radius 1 is 1.29 bits per heavy atom. The van der Waals surface area contributed by atoms with E-state index in [1.807, 2.05) is 0 Å². The average Bonchev–Trinajstić information content (AvgIpc) is 2.68. The minimum Gasteiger partial charge on any atom is -0.482 e. The van der Waals surface area contributed by atoms with Crippen molar-refractivity contribution in [1.82, 2.24) is 14.5 Å². The van der Waals surface area contributed by atoms with E-state index in [1.165, 1.54) is 22.5 Å². The molecule has 8 nitrogen and oxygen atoms in total. The largest absolute Gasteiger partial charge is 0.482 e. The summed E-state index contributed by atoms with van der Waals surface area (Å²) >= 11 is 6.16. The number of ether oxygens (including phenoxy) is 2. The molecular weight excluding hydrogens is 406 g/mol. The van der Waals surface area contributed by atoms with Gasteiger partial charge in [0, 0.05) is 39.3 Å². The lowest BCUT2D eigenvalue weighted by Gasteiger charge is -2.26. The highest BCUT2D eigenvalue weighted by atomic mass is 35.5. The highest BCUT2D eigenvalue weighted by Gasteiger charge is 2.22. The van der Waals surface area contributed by atoms with Gasteiger partial charge in [-0.05, 0) is 18.2 Å². The van der Waals surface area contributed by atoms with Crippen molar-refractivity contribution in [3.05, 3.63) is 23.2 Å². The smallest absolute Gasteiger partial charge is 0.257 e. The van der Waals surface area contributed by atoms with Crippen LogP contribution in [0.15, 0.2) is 23.1 Å². The lowest BCUT2D eigenvalue weighted by Crippen LogP contribution is -2.42. The number of carbonyl (C=O) groups is 1. The Morgan fingerprint density at radius 2 is 1.96 bits per heavy atom. The second-order valence-corrected chi connectivity index (χ2v) is 8.62. The Bertz CT molecular complexity index is 750. The van der Waals surface area contributed by atoms with Gasteiger partial charge in [-0.2, -0.15) is 4.31 Å². The lowest BCUT2D eigenvalue weighted by molar-refractivity contribution is -0.123. The molecule has 0 spiro atoms. The quantitative estimate of drug-likeness (QED) is 0.596. The zero-order chi connectivity index (χ0) is 20.6. The van der Waals surface area contributed by atoms with Crippen LogP contribution in [-0.2, 0) is 19.6 Å². The van der Waals surface area contributed by atoms with Gasteiger partial charge >= 0.3 is 0 Å². The van der Waals surface area contributed by atoms with Crippen LogP contribution in [0.25, 0.3) is 0 Å². The van der Waals surface area contributed by atoms with E-state index in [0.717, 1.165) is 32.8 Å². The number of morpholine rings is 1. The predicted molar refractivity (Wildman–Crippen MR) is 107 cm³/mol. The van der Waals surface area contributed by atoms with Gasteiger partial charge in [0.15, 0.2) is 6.61 Å². The van der Waals surface area contributed by atoms with Crippen molar-refractivity contribution in [3.63, 3.8) is 0 Å². The van der Waals surface area contributed by atoms with E-state index in [1.54, 1.807) is 13.8 Å². The van der Waals surface area contributed by atoms with E-state index in [0.29, 0.717) is 19.6 Å². The number of rotatable bonds is 10. The molecule has 1 aliphatic heterocycles. The molecule has 1 aromatic rings. The summed E-state index contributed by atoms with van der Waals surface area (Å²) in [7, 11) is -3.59. The van der Waals surface area contributed by atoms with Crippen molar-refractivity contribution in [2.75, 3.05) is 59.1 Å². The molecule has 0 atom stereocenters. The third-order valence-corrected chi connectivity index (χ3v) is 6.80. The van der Waals surface area contributed by atoms with Crippen LogP contribution in [0.3, 0.4) is 0 Å². The highest BCUT2D eigenvalue weighted by molar-refractivity contribution is 7.89. The van der Waals surface area contributed by atoms with Crippen LogP contribution in [0.2, 0.25) is 5.02 Å². The van der Waals surface area contributed by atoms with Crippen molar-refractivity contribution in [2.45, 2.75) is 18.7 Å². The zero-order valence-electron chi connectivity index (χ0n) is 16.3. The standard InChI is InChI=1S/C18H28ClN3O5S/c1-3-22(4-2)28(24,25)15-5-6-17(16(19)13-15)27-14-18(23)20-7-8-21-9-11-26-12-10-21/h5-6,13H,3-4,7-12,14H2,1-2H3,(H,20,23). The molecule has 0 saturated carbocycles. The maximum Gasteiger partial charge on any atom is 0.257 e. The Balaban J connectivity index is 1.84. The number of benzene rings is 1. The van der Waals surface area contributed by atoms with E-state index in [9.17, 15) is 13.2 Å². The monoisotopic (exact) mass is 433 g/mol. The Hall–Kier alpha value is -1.39. The molecule has 1 aliphatic rings. The molecule has 1 N–H and O–H groups in total. The molecule has 158 valence electrons. The Kier molecular flexibility index (Phi) is 8.97. The molecule has 0 unspecified atom stereocenters. The number of nitrogens with one attached hydrogen (secondary N) is 1. The maximum absolute atomic E-state index is 12.5. The van der Waals surface area contributed by atoms with Gasteiger partial charge in [0.25, 0.3) is 5.91 Å². The van der Waals surface area contributed by atoms with Gasteiger partial charge in [0.05, 0.1) is 23.1 Å². The Labute approximate surface area is 171 Å². The number of sulfonamides is 1. The lowest BCUT2D eigenvalue weighted by atomic mass is 10.3. The fourth-order valence-electron chi connectivity index (χ4n) is 2.84. The first-order valence-corrected chi connectivity index (χ1v) is 11.2. The van der Waals surface area contributed by atoms with Crippen LogP contribution in [-0.4, -0.2) is 82.6 Å². The highest BCUT2D eigenvalue weighted by Crippen LogP contribution is 2.28. The minimum atomic E-state index is -3.59. The van der Waals surface area contributed by atoms with Crippen LogP contribution >= 0.6 is 11.6 Å². The van der Waals surface area contributed by atoms with Crippen molar-refractivity contribution in [2.24, 2.45) is 0 Å². The number of hydrogen-bond donors (Lipinski definition) is 1. The second kappa shape index (κ2) is 11.0. The maximum atomic E-state index is 12.5. The molecule has 1 heterocycles. The first-order chi connectivity index (χ1) is 13.4. The summed E-state index contributed by atoms with van der Waals surface area (Å²) in [6.45, 7) is 8.56. The summed E-state index contributed by atoms with van der Waals surface area (Å²) < 4.78 is 37.1. The van der Waals surface area contributed by atoms with Gasteiger partial charge in [-0.3, -0.25) is 9.69 Å². The summed E-state index contributed by atoms with van der Waals surface area (Å²) in [6.07, 6.45) is 0. The fourth-order valence-corrected chi connectivity index (χ4v) is 4.63. The molecule has 0 aromatic heterocycles. The molecule has 1 aromatic carbocycles.